The molecule has 0 unspecified atom stereocenters. The van der Waals surface area contributed by atoms with Crippen LogP contribution in [0.5, 0.6) is 5.75 Å². The first-order valence-corrected chi connectivity index (χ1v) is 4.69. The molecular formula is C11H10N2O3. The second-order valence-corrected chi connectivity index (χ2v) is 3.20. The molecule has 16 heavy (non-hydrogen) atoms. The minimum absolute atomic E-state index is 0.176. The zero-order valence-electron chi connectivity index (χ0n) is 8.60. The second kappa shape index (κ2) is 4.06. The van der Waals surface area contributed by atoms with Crippen molar-refractivity contribution < 1.29 is 14.4 Å². The van der Waals surface area contributed by atoms with Crippen molar-refractivity contribution in [3.8, 4) is 17.1 Å². The number of hydrogen-bond donors (Lipinski definition) is 2. The van der Waals surface area contributed by atoms with Crippen LogP contribution in [0.2, 0.25) is 0 Å². The summed E-state index contributed by atoms with van der Waals surface area (Å²) in [5, 5.41) is 15.2. The number of phenolic OH excluding ortho intramolecular Hbond substituents is 1. The molecule has 1 heterocycles. The Morgan fingerprint density at radius 2 is 2.06 bits per heavy atom. The lowest BCUT2D eigenvalue weighted by atomic mass is 10.1. The quantitative estimate of drug-likeness (QED) is 0.799. The highest BCUT2D eigenvalue weighted by Crippen LogP contribution is 2.22. The number of carbonyl (C=O) groups is 1. The number of aromatic nitrogens is 1. The summed E-state index contributed by atoms with van der Waals surface area (Å²) < 4.78 is 5.02. The average Bonchev–Trinajstić information content (AvgIpc) is 2.78. The third-order valence-electron chi connectivity index (χ3n) is 2.12. The average molecular weight is 218 g/mol. The highest BCUT2D eigenvalue weighted by Gasteiger charge is 2.11. The Balaban J connectivity index is 2.31. The Kier molecular flexibility index (Phi) is 2.59. The monoisotopic (exact) mass is 218 g/mol. The van der Waals surface area contributed by atoms with Gasteiger partial charge in [-0.1, -0.05) is 5.16 Å². The maximum Gasteiger partial charge on any atom is 0.273 e. The van der Waals surface area contributed by atoms with Gasteiger partial charge in [0.1, 0.15) is 5.75 Å². The highest BCUT2D eigenvalue weighted by molar-refractivity contribution is 5.92. The molecule has 0 aliphatic carbocycles. The van der Waals surface area contributed by atoms with Crippen molar-refractivity contribution in [3.05, 3.63) is 36.0 Å². The van der Waals surface area contributed by atoms with Gasteiger partial charge in [0.2, 0.25) is 0 Å². The van der Waals surface area contributed by atoms with Gasteiger partial charge in [0.15, 0.2) is 11.5 Å². The van der Waals surface area contributed by atoms with Crippen LogP contribution in [0, 0.1) is 0 Å². The fraction of sp³-hybridized carbons (Fsp3) is 0.0909. The van der Waals surface area contributed by atoms with Gasteiger partial charge in [-0.2, -0.15) is 0 Å². The number of hydrogen-bond acceptors (Lipinski definition) is 4. The van der Waals surface area contributed by atoms with E-state index in [0.717, 1.165) is 5.56 Å². The van der Waals surface area contributed by atoms with Crippen LogP contribution in [-0.4, -0.2) is 23.2 Å². The molecule has 0 fully saturated rings. The molecule has 0 spiro atoms. The number of benzene rings is 1. The third kappa shape index (κ3) is 1.88. The van der Waals surface area contributed by atoms with Crippen LogP contribution >= 0.6 is 0 Å². The number of rotatable bonds is 2. The Hall–Kier alpha value is -2.30. The van der Waals surface area contributed by atoms with Crippen LogP contribution < -0.4 is 5.32 Å². The largest absolute Gasteiger partial charge is 0.508 e. The fourth-order valence-corrected chi connectivity index (χ4v) is 1.27. The number of amides is 1. The lowest BCUT2D eigenvalue weighted by Crippen LogP contribution is -2.17. The molecule has 0 atom stereocenters. The number of aromatic hydroxyl groups is 1. The van der Waals surface area contributed by atoms with Crippen LogP contribution in [0.15, 0.2) is 34.9 Å². The standard InChI is InChI=1S/C11H10N2O3/c1-12-11(15)9-6-10(16-13-9)7-2-4-8(14)5-3-7/h2-6,14H,1H3,(H,12,15). The zero-order valence-corrected chi connectivity index (χ0v) is 8.60. The van der Waals surface area contributed by atoms with Gasteiger partial charge in [-0.15, -0.1) is 0 Å². The van der Waals surface area contributed by atoms with Crippen LogP contribution in [-0.2, 0) is 0 Å². The summed E-state index contributed by atoms with van der Waals surface area (Å²) in [6, 6.07) is 7.99. The first-order valence-electron chi connectivity index (χ1n) is 4.69. The van der Waals surface area contributed by atoms with E-state index in [0.29, 0.717) is 5.76 Å². The summed E-state index contributed by atoms with van der Waals surface area (Å²) in [5.41, 5.74) is 0.978. The fourth-order valence-electron chi connectivity index (χ4n) is 1.27. The van der Waals surface area contributed by atoms with Gasteiger partial charge in [-0.05, 0) is 24.3 Å². The van der Waals surface area contributed by atoms with Crippen molar-refractivity contribution >= 4 is 5.91 Å². The van der Waals surface area contributed by atoms with E-state index in [1.54, 1.807) is 18.2 Å². The van der Waals surface area contributed by atoms with Crippen molar-refractivity contribution in [3.63, 3.8) is 0 Å². The van der Waals surface area contributed by atoms with Crippen molar-refractivity contribution in [1.82, 2.24) is 10.5 Å². The SMILES string of the molecule is CNC(=O)c1cc(-c2ccc(O)cc2)on1. The summed E-state index contributed by atoms with van der Waals surface area (Å²) in [6.45, 7) is 0. The summed E-state index contributed by atoms with van der Waals surface area (Å²) in [7, 11) is 1.53. The predicted octanol–water partition coefficient (Wildman–Crippen LogP) is 1.41. The van der Waals surface area contributed by atoms with Gasteiger partial charge < -0.3 is 14.9 Å². The molecule has 0 radical (unpaired) electrons. The molecule has 2 N–H and O–H groups in total. The van der Waals surface area contributed by atoms with Gasteiger partial charge in [0.05, 0.1) is 0 Å². The van der Waals surface area contributed by atoms with E-state index >= 15 is 0 Å². The molecule has 2 rings (SSSR count). The summed E-state index contributed by atoms with van der Waals surface area (Å²) >= 11 is 0. The molecule has 0 bridgehead atoms. The zero-order chi connectivity index (χ0) is 11.5. The highest BCUT2D eigenvalue weighted by atomic mass is 16.5. The smallest absolute Gasteiger partial charge is 0.273 e. The van der Waals surface area contributed by atoms with Crippen LogP contribution in [0.3, 0.4) is 0 Å². The van der Waals surface area contributed by atoms with E-state index in [9.17, 15) is 4.79 Å². The van der Waals surface area contributed by atoms with E-state index in [4.69, 9.17) is 9.63 Å². The molecule has 5 heteroatoms. The second-order valence-electron chi connectivity index (χ2n) is 3.20. The molecule has 0 aliphatic heterocycles. The molecule has 2 aromatic rings. The normalized spacial score (nSPS) is 10.1. The topological polar surface area (TPSA) is 75.4 Å². The number of phenols is 1. The van der Waals surface area contributed by atoms with E-state index < -0.39 is 0 Å². The molecule has 1 aromatic heterocycles. The predicted molar refractivity (Wildman–Crippen MR) is 57.0 cm³/mol. The number of carbonyl (C=O) groups excluding carboxylic acids is 1. The van der Waals surface area contributed by atoms with Gasteiger partial charge in [0, 0.05) is 18.7 Å². The van der Waals surface area contributed by atoms with Crippen molar-refractivity contribution in [2.24, 2.45) is 0 Å². The Labute approximate surface area is 91.7 Å². The van der Waals surface area contributed by atoms with Gasteiger partial charge in [0.25, 0.3) is 5.91 Å². The van der Waals surface area contributed by atoms with E-state index in [1.807, 2.05) is 0 Å². The van der Waals surface area contributed by atoms with Gasteiger partial charge in [-0.3, -0.25) is 4.79 Å². The lowest BCUT2D eigenvalue weighted by molar-refractivity contribution is 0.0954. The molecule has 5 nitrogen and oxygen atoms in total. The molecule has 82 valence electrons. The molecule has 0 saturated heterocycles. The number of nitrogens with one attached hydrogen (secondary N) is 1. The van der Waals surface area contributed by atoms with Gasteiger partial charge >= 0.3 is 0 Å². The Morgan fingerprint density at radius 3 is 2.69 bits per heavy atom. The minimum atomic E-state index is -0.297. The van der Waals surface area contributed by atoms with Crippen LogP contribution in [0.1, 0.15) is 10.5 Å². The number of nitrogens with zero attached hydrogens (tertiary/aromatic N) is 1. The van der Waals surface area contributed by atoms with Crippen molar-refractivity contribution in [2.75, 3.05) is 7.05 Å². The first kappa shape index (κ1) is 10.2. The summed E-state index contributed by atoms with van der Waals surface area (Å²) in [4.78, 5) is 11.2. The van der Waals surface area contributed by atoms with E-state index in [-0.39, 0.29) is 17.4 Å². The van der Waals surface area contributed by atoms with E-state index in [1.165, 1.54) is 19.2 Å². The van der Waals surface area contributed by atoms with Gasteiger partial charge in [-0.25, -0.2) is 0 Å². The van der Waals surface area contributed by atoms with Crippen molar-refractivity contribution in [2.45, 2.75) is 0 Å². The summed E-state index contributed by atoms with van der Waals surface area (Å²) in [5.74, 6) is 0.363. The summed E-state index contributed by atoms with van der Waals surface area (Å²) in [6.07, 6.45) is 0. The molecule has 1 aromatic carbocycles. The Bertz CT molecular complexity index is 502. The molecule has 0 aliphatic rings. The minimum Gasteiger partial charge on any atom is -0.508 e. The molecule has 1 amide bonds. The molecule has 0 saturated carbocycles. The van der Waals surface area contributed by atoms with Crippen molar-refractivity contribution in [1.29, 1.82) is 0 Å². The first-order chi connectivity index (χ1) is 7.70. The maximum absolute atomic E-state index is 11.2. The lowest BCUT2D eigenvalue weighted by Gasteiger charge is -1.94. The third-order valence-corrected chi connectivity index (χ3v) is 2.12. The molecular weight excluding hydrogens is 208 g/mol. The van der Waals surface area contributed by atoms with Crippen LogP contribution in [0.25, 0.3) is 11.3 Å². The Morgan fingerprint density at radius 1 is 1.38 bits per heavy atom. The maximum atomic E-state index is 11.2. The van der Waals surface area contributed by atoms with E-state index in [2.05, 4.69) is 10.5 Å². The van der Waals surface area contributed by atoms with Crippen LogP contribution in [0.4, 0.5) is 0 Å².